The average molecular weight is 348 g/mol. The summed E-state index contributed by atoms with van der Waals surface area (Å²) < 4.78 is 27.2. The molecule has 2 rings (SSSR count). The molecular formula is C18H24N2O3S. The van der Waals surface area contributed by atoms with Crippen LogP contribution in [-0.2, 0) is 10.0 Å². The first-order valence-electron chi connectivity index (χ1n) is 7.72. The van der Waals surface area contributed by atoms with Gasteiger partial charge in [-0.05, 0) is 41.8 Å². The molecule has 24 heavy (non-hydrogen) atoms. The Hall–Kier alpha value is -1.89. The molecule has 0 radical (unpaired) electrons. The number of benzene rings is 2. The van der Waals surface area contributed by atoms with E-state index in [0.717, 1.165) is 16.7 Å². The van der Waals surface area contributed by atoms with Crippen molar-refractivity contribution in [3.8, 4) is 11.1 Å². The molecule has 0 unspecified atom stereocenters. The van der Waals surface area contributed by atoms with Gasteiger partial charge in [-0.25, -0.2) is 13.1 Å². The van der Waals surface area contributed by atoms with Gasteiger partial charge in [-0.3, -0.25) is 0 Å². The van der Waals surface area contributed by atoms with Gasteiger partial charge in [-0.1, -0.05) is 38.1 Å². The van der Waals surface area contributed by atoms with Crippen LogP contribution in [0.1, 0.15) is 19.4 Å². The lowest BCUT2D eigenvalue weighted by atomic mass is 9.96. The average Bonchev–Trinajstić information content (AvgIpc) is 2.56. The number of nitrogen functional groups attached to an aromatic ring is 1. The molecule has 2 aromatic carbocycles. The van der Waals surface area contributed by atoms with Crippen LogP contribution in [0.5, 0.6) is 0 Å². The molecule has 6 heteroatoms. The lowest BCUT2D eigenvalue weighted by Gasteiger charge is -2.21. The van der Waals surface area contributed by atoms with Crippen LogP contribution in [0.25, 0.3) is 11.1 Å². The molecule has 0 aliphatic carbocycles. The topological polar surface area (TPSA) is 92.4 Å². The highest BCUT2D eigenvalue weighted by molar-refractivity contribution is 7.89. The standard InChI is InChI=1S/C18H24N2O3S/c1-13-4-5-15(10-17(13)19)14-6-8-16(9-7-14)24(22,23)20-11-18(2,3)12-21/h4-10,20-21H,11-12,19H2,1-3H3. The van der Waals surface area contributed by atoms with E-state index in [1.54, 1.807) is 38.1 Å². The predicted octanol–water partition coefficient (Wildman–Crippen LogP) is 2.54. The molecule has 0 amide bonds. The van der Waals surface area contributed by atoms with Crippen molar-refractivity contribution in [1.29, 1.82) is 0 Å². The molecule has 5 nitrogen and oxygen atoms in total. The number of sulfonamides is 1. The Balaban J connectivity index is 2.20. The van der Waals surface area contributed by atoms with E-state index in [4.69, 9.17) is 5.73 Å². The normalized spacial score (nSPS) is 12.3. The Morgan fingerprint density at radius 2 is 1.67 bits per heavy atom. The van der Waals surface area contributed by atoms with Crippen LogP contribution >= 0.6 is 0 Å². The molecular weight excluding hydrogens is 324 g/mol. The molecule has 0 saturated carbocycles. The van der Waals surface area contributed by atoms with Gasteiger partial charge in [0.2, 0.25) is 10.0 Å². The van der Waals surface area contributed by atoms with Crippen molar-refractivity contribution < 1.29 is 13.5 Å². The van der Waals surface area contributed by atoms with Crippen molar-refractivity contribution in [3.63, 3.8) is 0 Å². The van der Waals surface area contributed by atoms with Crippen LogP contribution in [0, 0.1) is 12.3 Å². The first kappa shape index (κ1) is 18.4. The van der Waals surface area contributed by atoms with Gasteiger partial charge in [-0.15, -0.1) is 0 Å². The number of aryl methyl sites for hydroxylation is 1. The third kappa shape index (κ3) is 4.35. The van der Waals surface area contributed by atoms with E-state index in [9.17, 15) is 13.5 Å². The van der Waals surface area contributed by atoms with E-state index in [1.807, 2.05) is 25.1 Å². The number of hydrogen-bond acceptors (Lipinski definition) is 4. The smallest absolute Gasteiger partial charge is 0.240 e. The molecule has 0 aliphatic rings. The molecule has 0 heterocycles. The summed E-state index contributed by atoms with van der Waals surface area (Å²) in [7, 11) is -3.60. The number of aliphatic hydroxyl groups is 1. The molecule has 0 atom stereocenters. The van der Waals surface area contributed by atoms with Gasteiger partial charge in [0.15, 0.2) is 0 Å². The Morgan fingerprint density at radius 1 is 1.08 bits per heavy atom. The fourth-order valence-corrected chi connectivity index (χ4v) is 3.32. The van der Waals surface area contributed by atoms with Gasteiger partial charge < -0.3 is 10.8 Å². The summed E-state index contributed by atoms with van der Waals surface area (Å²) >= 11 is 0. The Morgan fingerprint density at radius 3 is 2.21 bits per heavy atom. The summed E-state index contributed by atoms with van der Waals surface area (Å²) in [5.74, 6) is 0. The number of aliphatic hydroxyl groups excluding tert-OH is 1. The van der Waals surface area contributed by atoms with Crippen molar-refractivity contribution in [3.05, 3.63) is 48.0 Å². The zero-order valence-corrected chi connectivity index (χ0v) is 15.0. The minimum absolute atomic E-state index is 0.0939. The zero-order chi connectivity index (χ0) is 18.0. The van der Waals surface area contributed by atoms with Crippen LogP contribution in [-0.4, -0.2) is 26.7 Å². The van der Waals surface area contributed by atoms with Crippen molar-refractivity contribution in [2.24, 2.45) is 5.41 Å². The Labute approximate surface area is 143 Å². The van der Waals surface area contributed by atoms with Crippen LogP contribution in [0.2, 0.25) is 0 Å². The fraction of sp³-hybridized carbons (Fsp3) is 0.333. The summed E-state index contributed by atoms with van der Waals surface area (Å²) in [5.41, 5.74) is 8.97. The summed E-state index contributed by atoms with van der Waals surface area (Å²) in [6, 6.07) is 12.4. The maximum atomic E-state index is 12.3. The Kier molecular flexibility index (Phi) is 5.32. The first-order chi connectivity index (χ1) is 11.1. The summed E-state index contributed by atoms with van der Waals surface area (Å²) in [6.45, 7) is 5.60. The minimum atomic E-state index is -3.60. The quantitative estimate of drug-likeness (QED) is 0.700. The molecule has 0 aliphatic heterocycles. The summed E-state index contributed by atoms with van der Waals surface area (Å²) in [6.07, 6.45) is 0. The summed E-state index contributed by atoms with van der Waals surface area (Å²) in [5, 5.41) is 9.22. The largest absolute Gasteiger partial charge is 0.398 e. The highest BCUT2D eigenvalue weighted by Crippen LogP contribution is 2.25. The second-order valence-corrected chi connectivity index (χ2v) is 8.51. The molecule has 0 saturated heterocycles. The van der Waals surface area contributed by atoms with Crippen LogP contribution in [0.4, 0.5) is 5.69 Å². The van der Waals surface area contributed by atoms with E-state index in [0.29, 0.717) is 5.69 Å². The molecule has 0 fully saturated rings. The van der Waals surface area contributed by atoms with Crippen LogP contribution in [0.3, 0.4) is 0 Å². The molecule has 130 valence electrons. The maximum Gasteiger partial charge on any atom is 0.240 e. The van der Waals surface area contributed by atoms with Gasteiger partial charge in [0, 0.05) is 24.3 Å². The number of anilines is 1. The predicted molar refractivity (Wildman–Crippen MR) is 97.1 cm³/mol. The van der Waals surface area contributed by atoms with E-state index in [-0.39, 0.29) is 18.0 Å². The van der Waals surface area contributed by atoms with Crippen molar-refractivity contribution in [1.82, 2.24) is 4.72 Å². The second-order valence-electron chi connectivity index (χ2n) is 6.74. The summed E-state index contributed by atoms with van der Waals surface area (Å²) in [4.78, 5) is 0.195. The zero-order valence-electron chi connectivity index (χ0n) is 14.2. The van der Waals surface area contributed by atoms with Crippen LogP contribution < -0.4 is 10.5 Å². The molecule has 0 spiro atoms. The second kappa shape index (κ2) is 6.93. The number of rotatable bonds is 6. The third-order valence-electron chi connectivity index (χ3n) is 3.95. The number of nitrogens with one attached hydrogen (secondary N) is 1. The molecule has 2 aromatic rings. The van der Waals surface area contributed by atoms with Crippen molar-refractivity contribution >= 4 is 15.7 Å². The van der Waals surface area contributed by atoms with E-state index in [2.05, 4.69) is 4.72 Å². The van der Waals surface area contributed by atoms with E-state index in [1.165, 1.54) is 0 Å². The molecule has 0 bridgehead atoms. The maximum absolute atomic E-state index is 12.3. The van der Waals surface area contributed by atoms with E-state index < -0.39 is 15.4 Å². The lowest BCUT2D eigenvalue weighted by Crippen LogP contribution is -2.36. The van der Waals surface area contributed by atoms with Crippen molar-refractivity contribution in [2.75, 3.05) is 18.9 Å². The fourth-order valence-electron chi connectivity index (χ4n) is 2.08. The highest BCUT2D eigenvalue weighted by Gasteiger charge is 2.21. The van der Waals surface area contributed by atoms with Gasteiger partial charge in [0.25, 0.3) is 0 Å². The monoisotopic (exact) mass is 348 g/mol. The number of hydrogen-bond donors (Lipinski definition) is 3. The van der Waals surface area contributed by atoms with Gasteiger partial charge in [0.1, 0.15) is 0 Å². The SMILES string of the molecule is Cc1ccc(-c2ccc(S(=O)(=O)NCC(C)(C)CO)cc2)cc1N. The van der Waals surface area contributed by atoms with Crippen molar-refractivity contribution in [2.45, 2.75) is 25.7 Å². The first-order valence-corrected chi connectivity index (χ1v) is 9.20. The Bertz CT molecular complexity index is 813. The third-order valence-corrected chi connectivity index (χ3v) is 5.36. The van der Waals surface area contributed by atoms with Gasteiger partial charge in [-0.2, -0.15) is 0 Å². The lowest BCUT2D eigenvalue weighted by molar-refractivity contribution is 0.163. The molecule has 4 N–H and O–H groups in total. The van der Waals surface area contributed by atoms with E-state index >= 15 is 0 Å². The number of nitrogens with two attached hydrogens (primary N) is 1. The molecule has 0 aromatic heterocycles. The highest BCUT2D eigenvalue weighted by atomic mass is 32.2. The minimum Gasteiger partial charge on any atom is -0.398 e. The van der Waals surface area contributed by atoms with Gasteiger partial charge >= 0.3 is 0 Å². The van der Waals surface area contributed by atoms with Gasteiger partial charge in [0.05, 0.1) is 4.90 Å². The van der Waals surface area contributed by atoms with Crippen LogP contribution in [0.15, 0.2) is 47.4 Å².